The molecular weight excluding hydrogens is 415 g/mol. The van der Waals surface area contributed by atoms with Gasteiger partial charge in [0.05, 0.1) is 11.3 Å². The molecule has 6 nitrogen and oxygen atoms in total. The maximum atomic E-state index is 13.2. The molecule has 0 fully saturated rings. The molecule has 0 aliphatic carbocycles. The van der Waals surface area contributed by atoms with Crippen molar-refractivity contribution in [2.45, 2.75) is 18.9 Å². The van der Waals surface area contributed by atoms with E-state index >= 15 is 0 Å². The highest BCUT2D eigenvalue weighted by Crippen LogP contribution is 2.30. The van der Waals surface area contributed by atoms with E-state index < -0.39 is 0 Å². The molecular formula is C23H19FN4O2S. The number of rotatable bonds is 6. The van der Waals surface area contributed by atoms with Gasteiger partial charge in [-0.2, -0.15) is 4.98 Å². The minimum atomic E-state index is -0.340. The Bertz CT molecular complexity index is 1220. The van der Waals surface area contributed by atoms with Gasteiger partial charge in [-0.25, -0.2) is 9.37 Å². The molecule has 0 bridgehead atoms. The smallest absolute Gasteiger partial charge is 0.260 e. The minimum absolute atomic E-state index is 0.125. The standard InChI is InChI=1S/C23H19FN4O2S/c1-14-5-7-16(8-6-14)21-27-22(30-28-21)18-4-3-11-25-23(18)31-13-20(29)26-19-10-9-17(24)12-15(19)2/h3-12H,13H2,1-2H3,(H,26,29). The Kier molecular flexibility index (Phi) is 6.08. The van der Waals surface area contributed by atoms with Crippen LogP contribution in [0.1, 0.15) is 11.1 Å². The monoisotopic (exact) mass is 434 g/mol. The number of anilines is 1. The highest BCUT2D eigenvalue weighted by Gasteiger charge is 2.16. The fourth-order valence-electron chi connectivity index (χ4n) is 2.91. The van der Waals surface area contributed by atoms with Gasteiger partial charge in [-0.3, -0.25) is 4.79 Å². The number of aryl methyl sites for hydroxylation is 2. The second-order valence-corrected chi connectivity index (χ2v) is 7.91. The average Bonchev–Trinajstić information content (AvgIpc) is 3.25. The molecule has 1 N–H and O–H groups in total. The molecule has 0 aliphatic rings. The fourth-order valence-corrected chi connectivity index (χ4v) is 3.70. The molecule has 2 aromatic heterocycles. The summed E-state index contributed by atoms with van der Waals surface area (Å²) in [5.74, 6) is 0.384. The van der Waals surface area contributed by atoms with Crippen molar-refractivity contribution < 1.29 is 13.7 Å². The highest BCUT2D eigenvalue weighted by molar-refractivity contribution is 8.00. The fraction of sp³-hybridized carbons (Fsp3) is 0.130. The van der Waals surface area contributed by atoms with Gasteiger partial charge in [0.15, 0.2) is 0 Å². The van der Waals surface area contributed by atoms with Crippen molar-refractivity contribution in [2.75, 3.05) is 11.1 Å². The SMILES string of the molecule is Cc1ccc(-c2noc(-c3cccnc3SCC(=O)Nc3ccc(F)cc3C)n2)cc1. The van der Waals surface area contributed by atoms with E-state index in [4.69, 9.17) is 4.52 Å². The van der Waals surface area contributed by atoms with Gasteiger partial charge in [-0.1, -0.05) is 46.7 Å². The molecule has 2 heterocycles. The van der Waals surface area contributed by atoms with E-state index in [0.717, 1.165) is 11.1 Å². The number of nitrogens with zero attached hydrogens (tertiary/aromatic N) is 3. The quantitative estimate of drug-likeness (QED) is 0.416. The Morgan fingerprint density at radius 1 is 1.13 bits per heavy atom. The lowest BCUT2D eigenvalue weighted by Crippen LogP contribution is -2.15. The minimum Gasteiger partial charge on any atom is -0.334 e. The molecule has 8 heteroatoms. The van der Waals surface area contributed by atoms with Crippen LogP contribution in [0.5, 0.6) is 0 Å². The summed E-state index contributed by atoms with van der Waals surface area (Å²) in [4.78, 5) is 21.2. The molecule has 0 unspecified atom stereocenters. The molecule has 4 aromatic rings. The van der Waals surface area contributed by atoms with Crippen molar-refractivity contribution in [3.8, 4) is 22.8 Å². The van der Waals surface area contributed by atoms with Gasteiger partial charge in [0, 0.05) is 17.4 Å². The van der Waals surface area contributed by atoms with Gasteiger partial charge in [-0.05, 0) is 49.7 Å². The molecule has 0 saturated heterocycles. The Labute approximate surface area is 182 Å². The number of hydrogen-bond donors (Lipinski definition) is 1. The average molecular weight is 434 g/mol. The largest absolute Gasteiger partial charge is 0.334 e. The van der Waals surface area contributed by atoms with E-state index in [2.05, 4.69) is 20.4 Å². The number of halogens is 1. The van der Waals surface area contributed by atoms with Crippen LogP contribution < -0.4 is 5.32 Å². The number of hydrogen-bond acceptors (Lipinski definition) is 6. The second kappa shape index (κ2) is 9.09. The number of benzene rings is 2. The summed E-state index contributed by atoms with van der Waals surface area (Å²) in [6, 6.07) is 15.7. The second-order valence-electron chi connectivity index (χ2n) is 6.94. The summed E-state index contributed by atoms with van der Waals surface area (Å²) >= 11 is 1.26. The molecule has 0 aliphatic heterocycles. The van der Waals surface area contributed by atoms with E-state index in [1.54, 1.807) is 25.3 Å². The van der Waals surface area contributed by atoms with Crippen LogP contribution in [0.25, 0.3) is 22.8 Å². The number of amides is 1. The first-order chi connectivity index (χ1) is 15.0. The number of thioether (sulfide) groups is 1. The molecule has 1 amide bonds. The van der Waals surface area contributed by atoms with Crippen molar-refractivity contribution in [3.05, 3.63) is 77.7 Å². The van der Waals surface area contributed by atoms with Crippen molar-refractivity contribution in [1.82, 2.24) is 15.1 Å². The van der Waals surface area contributed by atoms with Crippen LogP contribution >= 0.6 is 11.8 Å². The Morgan fingerprint density at radius 3 is 2.71 bits per heavy atom. The maximum Gasteiger partial charge on any atom is 0.260 e. The lowest BCUT2D eigenvalue weighted by atomic mass is 10.1. The first kappa shape index (κ1) is 20.7. The van der Waals surface area contributed by atoms with Crippen molar-refractivity contribution >= 4 is 23.4 Å². The van der Waals surface area contributed by atoms with Crippen LogP contribution in [0.4, 0.5) is 10.1 Å². The van der Waals surface area contributed by atoms with E-state index in [9.17, 15) is 9.18 Å². The zero-order valence-corrected chi connectivity index (χ0v) is 17.7. The molecule has 0 spiro atoms. The van der Waals surface area contributed by atoms with Gasteiger partial charge in [-0.15, -0.1) is 0 Å². The van der Waals surface area contributed by atoms with E-state index in [-0.39, 0.29) is 17.5 Å². The first-order valence-corrected chi connectivity index (χ1v) is 10.5. The van der Waals surface area contributed by atoms with Crippen LogP contribution in [-0.2, 0) is 4.79 Å². The van der Waals surface area contributed by atoms with Crippen LogP contribution in [0.15, 0.2) is 70.3 Å². The van der Waals surface area contributed by atoms with Crippen LogP contribution in [0.3, 0.4) is 0 Å². The summed E-state index contributed by atoms with van der Waals surface area (Å²) in [6.45, 7) is 3.75. The predicted molar refractivity (Wildman–Crippen MR) is 118 cm³/mol. The van der Waals surface area contributed by atoms with Crippen molar-refractivity contribution in [2.24, 2.45) is 0 Å². The lowest BCUT2D eigenvalue weighted by molar-refractivity contribution is -0.113. The van der Waals surface area contributed by atoms with E-state index in [1.165, 1.54) is 23.9 Å². The Hall–Kier alpha value is -3.52. The predicted octanol–water partition coefficient (Wildman–Crippen LogP) is 5.29. The number of nitrogens with one attached hydrogen (secondary N) is 1. The van der Waals surface area contributed by atoms with Gasteiger partial charge >= 0.3 is 0 Å². The summed E-state index contributed by atoms with van der Waals surface area (Å²) in [7, 11) is 0. The molecule has 2 aromatic carbocycles. The molecule has 0 saturated carbocycles. The van der Waals surface area contributed by atoms with Crippen molar-refractivity contribution in [1.29, 1.82) is 0 Å². The summed E-state index contributed by atoms with van der Waals surface area (Å²) in [5.41, 5.74) is 3.89. The topological polar surface area (TPSA) is 80.9 Å². The third-order valence-corrected chi connectivity index (χ3v) is 5.55. The first-order valence-electron chi connectivity index (χ1n) is 9.54. The Balaban J connectivity index is 1.48. The van der Waals surface area contributed by atoms with Crippen LogP contribution in [-0.4, -0.2) is 26.8 Å². The summed E-state index contributed by atoms with van der Waals surface area (Å²) in [5, 5.41) is 7.46. The van der Waals surface area contributed by atoms with E-state index in [1.807, 2.05) is 37.3 Å². The summed E-state index contributed by atoms with van der Waals surface area (Å²) in [6.07, 6.45) is 1.64. The molecule has 4 rings (SSSR count). The van der Waals surface area contributed by atoms with Gasteiger partial charge in [0.2, 0.25) is 11.7 Å². The maximum absolute atomic E-state index is 13.2. The third kappa shape index (κ3) is 4.97. The number of carbonyl (C=O) groups is 1. The normalized spacial score (nSPS) is 10.8. The lowest BCUT2D eigenvalue weighted by Gasteiger charge is -2.09. The zero-order valence-electron chi connectivity index (χ0n) is 16.9. The zero-order chi connectivity index (χ0) is 21.8. The third-order valence-electron chi connectivity index (χ3n) is 4.54. The van der Waals surface area contributed by atoms with E-state index in [0.29, 0.717) is 33.6 Å². The van der Waals surface area contributed by atoms with Gasteiger partial charge in [0.1, 0.15) is 10.8 Å². The van der Waals surface area contributed by atoms with Gasteiger partial charge < -0.3 is 9.84 Å². The van der Waals surface area contributed by atoms with Crippen LogP contribution in [0, 0.1) is 19.7 Å². The summed E-state index contributed by atoms with van der Waals surface area (Å²) < 4.78 is 18.7. The van der Waals surface area contributed by atoms with Gasteiger partial charge in [0.25, 0.3) is 5.89 Å². The molecule has 156 valence electrons. The van der Waals surface area contributed by atoms with Crippen molar-refractivity contribution in [3.63, 3.8) is 0 Å². The molecule has 31 heavy (non-hydrogen) atoms. The molecule has 0 radical (unpaired) electrons. The number of carbonyl (C=O) groups excluding carboxylic acids is 1. The molecule has 0 atom stereocenters. The number of aromatic nitrogens is 3. The highest BCUT2D eigenvalue weighted by atomic mass is 32.2. The van der Waals surface area contributed by atoms with Crippen LogP contribution in [0.2, 0.25) is 0 Å². The number of pyridine rings is 1. The Morgan fingerprint density at radius 2 is 1.94 bits per heavy atom.